The zero-order valence-corrected chi connectivity index (χ0v) is 7.16. The Hall–Kier alpha value is -2.24. The van der Waals surface area contributed by atoms with E-state index >= 15 is 0 Å². The highest BCUT2D eigenvalue weighted by atomic mass is 16.2. The largest absolute Gasteiger partial charge is 0.347 e. The van der Waals surface area contributed by atoms with Crippen LogP contribution in [0.15, 0.2) is 37.1 Å². The fourth-order valence-electron chi connectivity index (χ4n) is 0.919. The predicted molar refractivity (Wildman–Crippen MR) is 48.7 cm³/mol. The minimum atomic E-state index is -0.365. The lowest BCUT2D eigenvalue weighted by Crippen LogP contribution is -2.20. The van der Waals surface area contributed by atoms with Crippen LogP contribution in [-0.2, 0) is 0 Å². The number of aromatic nitrogens is 4. The molecule has 2 rings (SSSR count). The number of hydrogen-bond donors (Lipinski definition) is 1. The van der Waals surface area contributed by atoms with Gasteiger partial charge in [0.2, 0.25) is 0 Å². The third-order valence-electron chi connectivity index (χ3n) is 1.51. The van der Waals surface area contributed by atoms with Gasteiger partial charge >= 0.3 is 6.03 Å². The molecule has 0 unspecified atom stereocenters. The molecule has 70 valence electrons. The SMILES string of the molecule is O=C(Nc1cnccn1)n1cccn1. The normalized spacial score (nSPS) is 9.71. The zero-order chi connectivity index (χ0) is 9.80. The van der Waals surface area contributed by atoms with Gasteiger partial charge in [0, 0.05) is 24.8 Å². The van der Waals surface area contributed by atoms with Crippen molar-refractivity contribution in [3.63, 3.8) is 0 Å². The van der Waals surface area contributed by atoms with Gasteiger partial charge in [0.05, 0.1) is 6.20 Å². The predicted octanol–water partition coefficient (Wildman–Crippen LogP) is 0.753. The topological polar surface area (TPSA) is 72.7 Å². The molecule has 0 atom stereocenters. The highest BCUT2D eigenvalue weighted by Crippen LogP contribution is 1.97. The summed E-state index contributed by atoms with van der Waals surface area (Å²) in [5.41, 5.74) is 0. The summed E-state index contributed by atoms with van der Waals surface area (Å²) in [5, 5.41) is 6.30. The van der Waals surface area contributed by atoms with E-state index in [1.165, 1.54) is 29.5 Å². The molecule has 0 bridgehead atoms. The molecule has 0 aliphatic carbocycles. The average molecular weight is 189 g/mol. The highest BCUT2D eigenvalue weighted by molar-refractivity contribution is 5.89. The standard InChI is InChI=1S/C8H7N5O/c14-8(13-5-1-2-11-13)12-7-6-9-3-4-10-7/h1-6H,(H,10,12,14). The van der Waals surface area contributed by atoms with Gasteiger partial charge in [0.1, 0.15) is 0 Å². The molecule has 2 aromatic rings. The summed E-state index contributed by atoms with van der Waals surface area (Å²) in [6.07, 6.45) is 7.56. The maximum Gasteiger partial charge on any atom is 0.347 e. The van der Waals surface area contributed by atoms with Crippen LogP contribution in [0.4, 0.5) is 10.6 Å². The summed E-state index contributed by atoms with van der Waals surface area (Å²) in [5.74, 6) is 0.396. The third-order valence-corrected chi connectivity index (χ3v) is 1.51. The molecule has 0 fully saturated rings. The smallest absolute Gasteiger partial charge is 0.289 e. The van der Waals surface area contributed by atoms with E-state index in [4.69, 9.17) is 0 Å². The Bertz CT molecular complexity index is 411. The summed E-state index contributed by atoms with van der Waals surface area (Å²) in [4.78, 5) is 19.1. The Morgan fingerprint density at radius 2 is 2.29 bits per heavy atom. The monoisotopic (exact) mass is 189 g/mol. The summed E-state index contributed by atoms with van der Waals surface area (Å²) in [6.45, 7) is 0. The van der Waals surface area contributed by atoms with Crippen LogP contribution in [0.1, 0.15) is 0 Å². The van der Waals surface area contributed by atoms with Gasteiger partial charge in [-0.25, -0.2) is 9.78 Å². The van der Waals surface area contributed by atoms with Gasteiger partial charge in [-0.05, 0) is 6.07 Å². The fourth-order valence-corrected chi connectivity index (χ4v) is 0.919. The molecule has 0 saturated carbocycles. The third kappa shape index (κ3) is 1.74. The first kappa shape index (κ1) is 8.36. The van der Waals surface area contributed by atoms with Crippen molar-refractivity contribution in [1.82, 2.24) is 19.7 Å². The summed E-state index contributed by atoms with van der Waals surface area (Å²) in [7, 11) is 0. The lowest BCUT2D eigenvalue weighted by molar-refractivity contribution is 0.251. The Morgan fingerprint density at radius 3 is 2.93 bits per heavy atom. The van der Waals surface area contributed by atoms with Gasteiger partial charge in [-0.2, -0.15) is 9.78 Å². The van der Waals surface area contributed by atoms with Crippen LogP contribution < -0.4 is 5.32 Å². The van der Waals surface area contributed by atoms with Crippen molar-refractivity contribution < 1.29 is 4.79 Å². The van der Waals surface area contributed by atoms with Gasteiger partial charge in [-0.3, -0.25) is 10.3 Å². The van der Waals surface area contributed by atoms with Crippen LogP contribution in [0.3, 0.4) is 0 Å². The van der Waals surface area contributed by atoms with Crippen LogP contribution >= 0.6 is 0 Å². The summed E-state index contributed by atoms with van der Waals surface area (Å²) < 4.78 is 1.18. The van der Waals surface area contributed by atoms with E-state index in [1.54, 1.807) is 12.3 Å². The Labute approximate surface area is 79.6 Å². The first-order chi connectivity index (χ1) is 6.86. The van der Waals surface area contributed by atoms with Crippen molar-refractivity contribution in [1.29, 1.82) is 0 Å². The zero-order valence-electron chi connectivity index (χ0n) is 7.16. The Morgan fingerprint density at radius 1 is 1.36 bits per heavy atom. The second-order valence-electron chi connectivity index (χ2n) is 2.47. The minimum absolute atomic E-state index is 0.365. The summed E-state index contributed by atoms with van der Waals surface area (Å²) in [6, 6.07) is 1.30. The molecule has 0 radical (unpaired) electrons. The van der Waals surface area contributed by atoms with E-state index in [2.05, 4.69) is 20.4 Å². The van der Waals surface area contributed by atoms with Crippen molar-refractivity contribution >= 4 is 11.8 Å². The van der Waals surface area contributed by atoms with E-state index < -0.39 is 0 Å². The molecule has 0 aliphatic heterocycles. The van der Waals surface area contributed by atoms with Crippen LogP contribution in [0, 0.1) is 0 Å². The quantitative estimate of drug-likeness (QED) is 0.718. The van der Waals surface area contributed by atoms with Gasteiger partial charge in [-0.15, -0.1) is 0 Å². The Balaban J connectivity index is 2.10. The maximum absolute atomic E-state index is 11.4. The van der Waals surface area contributed by atoms with Crippen molar-refractivity contribution in [3.8, 4) is 0 Å². The number of carbonyl (C=O) groups excluding carboxylic acids is 1. The number of rotatable bonds is 1. The van der Waals surface area contributed by atoms with E-state index in [1.807, 2.05) is 0 Å². The average Bonchev–Trinajstić information content (AvgIpc) is 2.72. The second kappa shape index (κ2) is 3.65. The van der Waals surface area contributed by atoms with Crippen molar-refractivity contribution in [2.45, 2.75) is 0 Å². The van der Waals surface area contributed by atoms with Crippen LogP contribution in [-0.4, -0.2) is 25.8 Å². The van der Waals surface area contributed by atoms with Crippen molar-refractivity contribution in [3.05, 3.63) is 37.1 Å². The maximum atomic E-state index is 11.4. The van der Waals surface area contributed by atoms with E-state index in [9.17, 15) is 4.79 Å². The lowest BCUT2D eigenvalue weighted by Gasteiger charge is -2.01. The van der Waals surface area contributed by atoms with Crippen LogP contribution in [0.25, 0.3) is 0 Å². The fraction of sp³-hybridized carbons (Fsp3) is 0. The molecule has 6 heteroatoms. The molecule has 0 spiro atoms. The lowest BCUT2D eigenvalue weighted by atomic mass is 10.6. The number of hydrogen-bond acceptors (Lipinski definition) is 4. The molecular weight excluding hydrogens is 182 g/mol. The first-order valence-corrected chi connectivity index (χ1v) is 3.93. The van der Waals surface area contributed by atoms with Gasteiger partial charge in [0.15, 0.2) is 5.82 Å². The summed E-state index contributed by atoms with van der Waals surface area (Å²) >= 11 is 0. The minimum Gasteiger partial charge on any atom is -0.289 e. The Kier molecular flexibility index (Phi) is 2.18. The number of nitrogens with one attached hydrogen (secondary N) is 1. The van der Waals surface area contributed by atoms with E-state index in [0.717, 1.165) is 0 Å². The van der Waals surface area contributed by atoms with Gasteiger partial charge in [0.25, 0.3) is 0 Å². The molecule has 0 aliphatic rings. The van der Waals surface area contributed by atoms with E-state index in [0.29, 0.717) is 5.82 Å². The van der Waals surface area contributed by atoms with Crippen molar-refractivity contribution in [2.75, 3.05) is 5.32 Å². The molecule has 6 nitrogen and oxygen atoms in total. The van der Waals surface area contributed by atoms with Gasteiger partial charge in [-0.1, -0.05) is 0 Å². The molecule has 0 saturated heterocycles. The first-order valence-electron chi connectivity index (χ1n) is 3.93. The molecule has 1 N–H and O–H groups in total. The molecular formula is C8H7N5O. The second-order valence-corrected chi connectivity index (χ2v) is 2.47. The van der Waals surface area contributed by atoms with Crippen LogP contribution in [0.5, 0.6) is 0 Å². The molecule has 2 heterocycles. The van der Waals surface area contributed by atoms with Crippen LogP contribution in [0.2, 0.25) is 0 Å². The molecule has 0 aromatic carbocycles. The molecule has 14 heavy (non-hydrogen) atoms. The van der Waals surface area contributed by atoms with Crippen molar-refractivity contribution in [2.24, 2.45) is 0 Å². The van der Waals surface area contributed by atoms with E-state index in [-0.39, 0.29) is 6.03 Å². The number of anilines is 1. The molecule has 2 aromatic heterocycles. The number of carbonyl (C=O) groups is 1. The number of amides is 1. The molecule has 1 amide bonds. The number of nitrogens with zero attached hydrogens (tertiary/aromatic N) is 4. The highest BCUT2D eigenvalue weighted by Gasteiger charge is 2.04. The van der Waals surface area contributed by atoms with Gasteiger partial charge < -0.3 is 0 Å².